The monoisotopic (exact) mass is 235 g/mol. The number of nitroso groups, excluding NO2 is 1. The van der Waals surface area contributed by atoms with Gasteiger partial charge in [0.05, 0.1) is 6.54 Å². The Morgan fingerprint density at radius 1 is 1.18 bits per heavy atom. The van der Waals surface area contributed by atoms with Crippen molar-refractivity contribution in [2.45, 2.75) is 45.4 Å². The van der Waals surface area contributed by atoms with E-state index in [9.17, 15) is 10.0 Å². The molecule has 0 amide bonds. The van der Waals surface area contributed by atoms with Gasteiger partial charge in [0.25, 0.3) is 0 Å². The Balaban J connectivity index is 3.28. The van der Waals surface area contributed by atoms with Gasteiger partial charge in [-0.2, -0.15) is 4.91 Å². The second-order valence-corrected chi connectivity index (χ2v) is 6.15. The summed E-state index contributed by atoms with van der Waals surface area (Å²) >= 11 is 0. The summed E-state index contributed by atoms with van der Waals surface area (Å²) in [4.78, 5) is 10.5. The second kappa shape index (κ2) is 4.47. The van der Waals surface area contributed by atoms with Gasteiger partial charge in [-0.05, 0) is 17.0 Å². The first kappa shape index (κ1) is 13.7. The number of aromatic hydroxyl groups is 1. The van der Waals surface area contributed by atoms with E-state index in [0.29, 0.717) is 0 Å². The zero-order chi connectivity index (χ0) is 13.3. The highest BCUT2D eigenvalue weighted by Crippen LogP contribution is 2.35. The van der Waals surface area contributed by atoms with Crippen LogP contribution in [-0.2, 0) is 10.8 Å². The highest BCUT2D eigenvalue weighted by atomic mass is 16.3. The third-order valence-electron chi connectivity index (χ3n) is 3.05. The van der Waals surface area contributed by atoms with Gasteiger partial charge in [0.1, 0.15) is 5.75 Å². The van der Waals surface area contributed by atoms with Gasteiger partial charge < -0.3 is 5.11 Å². The smallest absolute Gasteiger partial charge is 0.119 e. The summed E-state index contributed by atoms with van der Waals surface area (Å²) in [7, 11) is 0. The number of benzene rings is 1. The molecule has 0 unspecified atom stereocenters. The highest BCUT2D eigenvalue weighted by molar-refractivity contribution is 5.43. The Morgan fingerprint density at radius 2 is 1.76 bits per heavy atom. The summed E-state index contributed by atoms with van der Waals surface area (Å²) < 4.78 is 0. The molecule has 0 heterocycles. The van der Waals surface area contributed by atoms with Crippen LogP contribution < -0.4 is 0 Å². The lowest BCUT2D eigenvalue weighted by Crippen LogP contribution is -2.22. The first-order valence-corrected chi connectivity index (χ1v) is 5.81. The van der Waals surface area contributed by atoms with Crippen molar-refractivity contribution in [2.75, 3.05) is 6.54 Å². The highest BCUT2D eigenvalue weighted by Gasteiger charge is 2.26. The van der Waals surface area contributed by atoms with Crippen LogP contribution in [0.25, 0.3) is 0 Å². The largest absolute Gasteiger partial charge is 0.508 e. The molecule has 1 rings (SSSR count). The minimum absolute atomic E-state index is 0.0210. The van der Waals surface area contributed by atoms with Gasteiger partial charge in [-0.3, -0.25) is 0 Å². The lowest BCUT2D eigenvalue weighted by molar-refractivity contribution is 0.436. The zero-order valence-corrected chi connectivity index (χ0v) is 11.2. The fourth-order valence-corrected chi connectivity index (χ4v) is 1.79. The maximum absolute atomic E-state index is 10.5. The zero-order valence-electron chi connectivity index (χ0n) is 11.2. The number of hydrogen-bond acceptors (Lipinski definition) is 3. The lowest BCUT2D eigenvalue weighted by Gasteiger charge is -2.26. The van der Waals surface area contributed by atoms with Crippen molar-refractivity contribution in [1.82, 2.24) is 0 Å². The molecular weight excluding hydrogens is 214 g/mol. The molecule has 0 saturated carbocycles. The molecule has 3 nitrogen and oxygen atoms in total. The molecule has 0 fully saturated rings. The first-order valence-electron chi connectivity index (χ1n) is 5.81. The molecule has 0 atom stereocenters. The molecule has 17 heavy (non-hydrogen) atoms. The summed E-state index contributed by atoms with van der Waals surface area (Å²) in [5.74, 6) is 0.228. The van der Waals surface area contributed by atoms with Crippen molar-refractivity contribution in [3.05, 3.63) is 34.2 Å². The van der Waals surface area contributed by atoms with Gasteiger partial charge in [0, 0.05) is 11.0 Å². The lowest BCUT2D eigenvalue weighted by atomic mass is 9.79. The minimum atomic E-state index is -0.437. The number of nitrogens with zero attached hydrogens (tertiary/aromatic N) is 1. The fraction of sp³-hybridized carbons (Fsp3) is 0.571. The fourth-order valence-electron chi connectivity index (χ4n) is 1.79. The Kier molecular flexibility index (Phi) is 3.60. The maximum Gasteiger partial charge on any atom is 0.119 e. The maximum atomic E-state index is 10.5. The predicted molar refractivity (Wildman–Crippen MR) is 70.5 cm³/mol. The first-order chi connectivity index (χ1) is 7.68. The third-order valence-corrected chi connectivity index (χ3v) is 3.05. The Morgan fingerprint density at radius 3 is 2.24 bits per heavy atom. The van der Waals surface area contributed by atoms with E-state index in [2.05, 4.69) is 25.9 Å². The van der Waals surface area contributed by atoms with E-state index in [4.69, 9.17) is 0 Å². The molecule has 0 radical (unpaired) electrons. The van der Waals surface area contributed by atoms with Crippen LogP contribution in [0.2, 0.25) is 0 Å². The normalized spacial score (nSPS) is 12.5. The molecule has 94 valence electrons. The second-order valence-electron chi connectivity index (χ2n) is 6.15. The van der Waals surface area contributed by atoms with Crippen LogP contribution in [-0.4, -0.2) is 11.7 Å². The van der Waals surface area contributed by atoms with E-state index in [-0.39, 0.29) is 17.7 Å². The molecule has 0 aliphatic rings. The Bertz CT molecular complexity index is 417. The summed E-state index contributed by atoms with van der Waals surface area (Å²) in [6.45, 7) is 10.3. The molecule has 0 spiro atoms. The van der Waals surface area contributed by atoms with Gasteiger partial charge in [0.2, 0.25) is 0 Å². The number of phenolic OH excluding ortho intramolecular Hbond substituents is 1. The molecule has 0 aromatic heterocycles. The standard InChI is InChI=1S/C14H21NO2/c1-13(2,3)10-6-7-12(16)11(8-10)14(4,5)9-15-17/h6-8,16H,9H2,1-5H3. The topological polar surface area (TPSA) is 49.7 Å². The van der Waals surface area contributed by atoms with Gasteiger partial charge in [0.15, 0.2) is 0 Å². The van der Waals surface area contributed by atoms with Crippen LogP contribution in [0.1, 0.15) is 45.7 Å². The van der Waals surface area contributed by atoms with Crippen LogP contribution in [0.4, 0.5) is 0 Å². The van der Waals surface area contributed by atoms with Crippen molar-refractivity contribution in [3.63, 3.8) is 0 Å². The van der Waals surface area contributed by atoms with Crippen LogP contribution in [0.3, 0.4) is 0 Å². The van der Waals surface area contributed by atoms with Crippen molar-refractivity contribution in [1.29, 1.82) is 0 Å². The average molecular weight is 235 g/mol. The molecule has 3 heteroatoms. The molecule has 1 aromatic carbocycles. The van der Waals surface area contributed by atoms with Gasteiger partial charge in [-0.15, -0.1) is 0 Å². The van der Waals surface area contributed by atoms with Crippen molar-refractivity contribution < 1.29 is 5.11 Å². The summed E-state index contributed by atoms with van der Waals surface area (Å²) in [6, 6.07) is 5.59. The summed E-state index contributed by atoms with van der Waals surface area (Å²) in [5.41, 5.74) is 1.51. The molecular formula is C14H21NO2. The van der Waals surface area contributed by atoms with Crippen molar-refractivity contribution in [2.24, 2.45) is 5.18 Å². The molecule has 0 saturated heterocycles. The summed E-state index contributed by atoms with van der Waals surface area (Å²) in [6.07, 6.45) is 0. The van der Waals surface area contributed by atoms with E-state index in [1.54, 1.807) is 6.07 Å². The summed E-state index contributed by atoms with van der Waals surface area (Å²) in [5, 5.41) is 12.9. The van der Waals surface area contributed by atoms with E-state index >= 15 is 0 Å². The SMILES string of the molecule is CC(C)(C)c1ccc(O)c(C(C)(C)CN=O)c1. The van der Waals surface area contributed by atoms with Gasteiger partial charge >= 0.3 is 0 Å². The van der Waals surface area contributed by atoms with Crippen molar-refractivity contribution in [3.8, 4) is 5.75 Å². The Labute approximate surface area is 103 Å². The number of hydrogen-bond donors (Lipinski definition) is 1. The average Bonchev–Trinajstić information content (AvgIpc) is 2.15. The molecule has 1 N–H and O–H groups in total. The van der Waals surface area contributed by atoms with Crippen molar-refractivity contribution >= 4 is 0 Å². The third kappa shape index (κ3) is 3.05. The van der Waals surface area contributed by atoms with Crippen LogP contribution in [0, 0.1) is 4.91 Å². The van der Waals surface area contributed by atoms with E-state index in [1.807, 2.05) is 26.0 Å². The van der Waals surface area contributed by atoms with Gasteiger partial charge in [-0.1, -0.05) is 51.9 Å². The predicted octanol–water partition coefficient (Wildman–Crippen LogP) is 3.73. The van der Waals surface area contributed by atoms with Crippen LogP contribution >= 0.6 is 0 Å². The van der Waals surface area contributed by atoms with E-state index in [1.165, 1.54) is 0 Å². The van der Waals surface area contributed by atoms with Gasteiger partial charge in [-0.25, -0.2) is 0 Å². The van der Waals surface area contributed by atoms with Crippen LogP contribution in [0.15, 0.2) is 23.4 Å². The molecule has 0 aliphatic carbocycles. The quantitative estimate of drug-likeness (QED) is 0.811. The molecule has 1 aromatic rings. The molecule has 0 aliphatic heterocycles. The number of rotatable bonds is 3. The van der Waals surface area contributed by atoms with E-state index in [0.717, 1.165) is 11.1 Å². The Hall–Kier alpha value is -1.38. The number of phenols is 1. The molecule has 0 bridgehead atoms. The van der Waals surface area contributed by atoms with E-state index < -0.39 is 5.41 Å². The van der Waals surface area contributed by atoms with Crippen LogP contribution in [0.5, 0.6) is 5.75 Å². The minimum Gasteiger partial charge on any atom is -0.508 e.